The van der Waals surface area contributed by atoms with Crippen LogP contribution in [-0.2, 0) is 24.5 Å². The topological polar surface area (TPSA) is 93.7 Å². The van der Waals surface area contributed by atoms with Gasteiger partial charge in [0.2, 0.25) is 11.8 Å². The number of methoxy groups -OCH3 is 1. The molecule has 3 aromatic carbocycles. The SMILES string of the molecule is COC(=O)COc1ccc(Cl)cc1[C@H]1CC(=O)N[C@@H](c2cc(F)ccc2C)[C@]12C(=O)Nc1cc(Cl)ccc12. The van der Waals surface area contributed by atoms with Gasteiger partial charge in [-0.3, -0.25) is 9.59 Å². The molecular formula is C28H23Cl2FN2O5. The molecule has 2 heterocycles. The van der Waals surface area contributed by atoms with Crippen molar-refractivity contribution in [2.45, 2.75) is 30.7 Å². The standard InChI is InChI=1S/C28H23Cl2FN2O5/c1-14-3-6-17(31)11-18(14)26-28(20-7-4-16(30)10-22(20)32-27(28)36)21(12-24(34)33-26)19-9-15(29)5-8-23(19)38-13-25(35)37-2/h3-11,21,26H,12-13H2,1-2H3,(H,32,36)(H,33,34)/t21-,26+,28-/m1/s1. The van der Waals surface area contributed by atoms with Crippen molar-refractivity contribution in [1.82, 2.24) is 5.32 Å². The predicted octanol–water partition coefficient (Wildman–Crippen LogP) is 5.23. The molecule has 2 aliphatic heterocycles. The largest absolute Gasteiger partial charge is 0.482 e. The zero-order valence-corrected chi connectivity index (χ0v) is 22.0. The molecule has 7 nitrogen and oxygen atoms in total. The van der Waals surface area contributed by atoms with Gasteiger partial charge in [0.1, 0.15) is 17.0 Å². The average Bonchev–Trinajstić information content (AvgIpc) is 3.16. The molecule has 2 amide bonds. The number of ether oxygens (including phenoxy) is 2. The van der Waals surface area contributed by atoms with Gasteiger partial charge in [0.25, 0.3) is 0 Å². The number of amides is 2. The molecule has 196 valence electrons. The van der Waals surface area contributed by atoms with Crippen LogP contribution in [0.4, 0.5) is 10.1 Å². The van der Waals surface area contributed by atoms with Gasteiger partial charge in [0.05, 0.1) is 13.2 Å². The Balaban J connectivity index is 1.79. The molecule has 0 aromatic heterocycles. The number of aryl methyl sites for hydroxylation is 1. The lowest BCUT2D eigenvalue weighted by Gasteiger charge is -2.47. The smallest absolute Gasteiger partial charge is 0.343 e. The van der Waals surface area contributed by atoms with E-state index in [4.69, 9.17) is 32.7 Å². The van der Waals surface area contributed by atoms with Crippen LogP contribution in [0.5, 0.6) is 5.75 Å². The van der Waals surface area contributed by atoms with Crippen molar-refractivity contribution in [1.29, 1.82) is 0 Å². The quantitative estimate of drug-likeness (QED) is 0.420. The van der Waals surface area contributed by atoms with Gasteiger partial charge in [-0.15, -0.1) is 0 Å². The molecule has 2 aliphatic rings. The molecule has 0 aliphatic carbocycles. The van der Waals surface area contributed by atoms with Crippen molar-refractivity contribution in [3.63, 3.8) is 0 Å². The van der Waals surface area contributed by atoms with Crippen molar-refractivity contribution in [3.8, 4) is 5.75 Å². The Bertz CT molecular complexity index is 1480. The number of esters is 1. The highest BCUT2D eigenvalue weighted by molar-refractivity contribution is 6.31. The second kappa shape index (κ2) is 9.93. The number of nitrogens with one attached hydrogen (secondary N) is 2. The first kappa shape index (κ1) is 26.0. The highest BCUT2D eigenvalue weighted by Gasteiger charge is 2.61. The number of hydrogen-bond donors (Lipinski definition) is 2. The molecule has 38 heavy (non-hydrogen) atoms. The summed E-state index contributed by atoms with van der Waals surface area (Å²) in [6.07, 6.45) is -0.102. The van der Waals surface area contributed by atoms with E-state index in [9.17, 15) is 18.8 Å². The Morgan fingerprint density at radius 2 is 1.79 bits per heavy atom. The Kier molecular flexibility index (Phi) is 6.79. The van der Waals surface area contributed by atoms with Crippen molar-refractivity contribution < 1.29 is 28.2 Å². The van der Waals surface area contributed by atoms with E-state index in [0.29, 0.717) is 38.0 Å². The van der Waals surface area contributed by atoms with Gasteiger partial charge < -0.3 is 20.1 Å². The van der Waals surface area contributed by atoms with E-state index in [1.807, 2.05) is 0 Å². The van der Waals surface area contributed by atoms with Gasteiger partial charge in [0.15, 0.2) is 6.61 Å². The number of halogens is 3. The molecule has 1 saturated heterocycles. The summed E-state index contributed by atoms with van der Waals surface area (Å²) in [4.78, 5) is 39.2. The fourth-order valence-electron chi connectivity index (χ4n) is 5.56. The average molecular weight is 557 g/mol. The Morgan fingerprint density at radius 3 is 2.55 bits per heavy atom. The maximum absolute atomic E-state index is 14.6. The van der Waals surface area contributed by atoms with Crippen LogP contribution in [0.15, 0.2) is 54.6 Å². The summed E-state index contributed by atoms with van der Waals surface area (Å²) in [5, 5.41) is 6.65. The van der Waals surface area contributed by atoms with Crippen LogP contribution in [0.2, 0.25) is 10.0 Å². The van der Waals surface area contributed by atoms with Crippen LogP contribution in [0.3, 0.4) is 0 Å². The van der Waals surface area contributed by atoms with E-state index in [2.05, 4.69) is 10.6 Å². The number of anilines is 1. The van der Waals surface area contributed by atoms with Gasteiger partial charge >= 0.3 is 5.97 Å². The van der Waals surface area contributed by atoms with Crippen LogP contribution >= 0.6 is 23.2 Å². The third kappa shape index (κ3) is 4.27. The minimum absolute atomic E-state index is 0.102. The number of fused-ring (bicyclic) bond motifs is 2. The number of carbonyl (C=O) groups is 3. The number of carbonyl (C=O) groups excluding carboxylic acids is 3. The molecule has 0 radical (unpaired) electrons. The second-order valence-electron chi connectivity index (χ2n) is 9.32. The summed E-state index contributed by atoms with van der Waals surface area (Å²) < 4.78 is 25.0. The van der Waals surface area contributed by atoms with Crippen LogP contribution in [0.1, 0.15) is 40.6 Å². The molecule has 0 saturated carbocycles. The van der Waals surface area contributed by atoms with E-state index in [1.165, 1.54) is 19.2 Å². The molecule has 10 heteroatoms. The van der Waals surface area contributed by atoms with Crippen LogP contribution < -0.4 is 15.4 Å². The minimum Gasteiger partial charge on any atom is -0.482 e. The maximum Gasteiger partial charge on any atom is 0.343 e. The number of piperidine rings is 1. The third-order valence-electron chi connectivity index (χ3n) is 7.22. The Morgan fingerprint density at radius 1 is 1.05 bits per heavy atom. The number of rotatable bonds is 5. The normalized spacial score (nSPS) is 22.0. The molecule has 3 aromatic rings. The molecule has 2 N–H and O–H groups in total. The first-order valence-corrected chi connectivity index (χ1v) is 12.6. The third-order valence-corrected chi connectivity index (χ3v) is 7.69. The van der Waals surface area contributed by atoms with E-state index in [-0.39, 0.29) is 24.7 Å². The van der Waals surface area contributed by atoms with E-state index in [1.54, 1.807) is 49.4 Å². The zero-order chi connectivity index (χ0) is 27.2. The number of hydrogen-bond acceptors (Lipinski definition) is 5. The first-order valence-electron chi connectivity index (χ1n) is 11.8. The summed E-state index contributed by atoms with van der Waals surface area (Å²) in [7, 11) is 1.24. The zero-order valence-electron chi connectivity index (χ0n) is 20.4. The van der Waals surface area contributed by atoms with Gasteiger partial charge in [0, 0.05) is 33.6 Å². The van der Waals surface area contributed by atoms with Crippen LogP contribution in [0.25, 0.3) is 0 Å². The lowest BCUT2D eigenvalue weighted by atomic mass is 9.59. The van der Waals surface area contributed by atoms with Crippen molar-refractivity contribution in [2.75, 3.05) is 19.0 Å². The molecule has 0 unspecified atom stereocenters. The monoisotopic (exact) mass is 556 g/mol. The molecule has 3 atom stereocenters. The molecular weight excluding hydrogens is 534 g/mol. The summed E-state index contributed by atoms with van der Waals surface area (Å²) in [5.74, 6) is -2.39. The molecule has 5 rings (SSSR count). The predicted molar refractivity (Wildman–Crippen MR) is 140 cm³/mol. The summed E-state index contributed by atoms with van der Waals surface area (Å²) >= 11 is 12.7. The maximum atomic E-state index is 14.6. The second-order valence-corrected chi connectivity index (χ2v) is 10.2. The van der Waals surface area contributed by atoms with E-state index < -0.39 is 35.1 Å². The highest BCUT2D eigenvalue weighted by Crippen LogP contribution is 2.59. The van der Waals surface area contributed by atoms with Gasteiger partial charge in [-0.05, 0) is 66.1 Å². The summed E-state index contributed by atoms with van der Waals surface area (Å²) in [6, 6.07) is 13.1. The van der Waals surface area contributed by atoms with Crippen molar-refractivity contribution in [3.05, 3.63) is 92.7 Å². The van der Waals surface area contributed by atoms with Crippen molar-refractivity contribution in [2.24, 2.45) is 0 Å². The Labute approximate surface area is 228 Å². The fourth-order valence-corrected chi connectivity index (χ4v) is 5.91. The number of benzene rings is 3. The lowest BCUT2D eigenvalue weighted by molar-refractivity contribution is -0.143. The lowest BCUT2D eigenvalue weighted by Crippen LogP contribution is -2.57. The first-order chi connectivity index (χ1) is 18.1. The Hall–Kier alpha value is -3.62. The van der Waals surface area contributed by atoms with Gasteiger partial charge in [-0.1, -0.05) is 35.3 Å². The van der Waals surface area contributed by atoms with Crippen molar-refractivity contribution >= 4 is 46.7 Å². The minimum atomic E-state index is -1.43. The summed E-state index contributed by atoms with van der Waals surface area (Å²) in [6.45, 7) is 1.40. The molecule has 1 spiro atoms. The fraction of sp³-hybridized carbons (Fsp3) is 0.250. The van der Waals surface area contributed by atoms with Crippen LogP contribution in [-0.4, -0.2) is 31.5 Å². The molecule has 0 bridgehead atoms. The van der Waals surface area contributed by atoms with Crippen LogP contribution in [0, 0.1) is 12.7 Å². The highest BCUT2D eigenvalue weighted by atomic mass is 35.5. The summed E-state index contributed by atoms with van der Waals surface area (Å²) in [5.41, 5.74) is 1.25. The van der Waals surface area contributed by atoms with Gasteiger partial charge in [-0.25, -0.2) is 9.18 Å². The van der Waals surface area contributed by atoms with E-state index in [0.717, 1.165) is 0 Å². The molecule has 1 fully saturated rings. The van der Waals surface area contributed by atoms with E-state index >= 15 is 0 Å². The van der Waals surface area contributed by atoms with Gasteiger partial charge in [-0.2, -0.15) is 0 Å².